The van der Waals surface area contributed by atoms with E-state index in [2.05, 4.69) is 25.9 Å². The van der Waals surface area contributed by atoms with Crippen molar-refractivity contribution in [3.63, 3.8) is 0 Å². The SMILES string of the molecule is Nc1ncc(-c2cnn(C3CCCCC3)c2)cc1-c1nc2cc3c(cc2[nH]1)OCO3. The van der Waals surface area contributed by atoms with Gasteiger partial charge < -0.3 is 20.2 Å². The fourth-order valence-corrected chi connectivity index (χ4v) is 4.38. The van der Waals surface area contributed by atoms with Crippen molar-refractivity contribution in [3.05, 3.63) is 36.8 Å². The average Bonchev–Trinajstić information content (AvgIpc) is 3.52. The highest BCUT2D eigenvalue weighted by molar-refractivity contribution is 5.85. The van der Waals surface area contributed by atoms with Crippen LogP contribution in [0.25, 0.3) is 33.5 Å². The van der Waals surface area contributed by atoms with E-state index in [0.29, 0.717) is 29.2 Å². The Kier molecular flexibility index (Phi) is 3.90. The Morgan fingerprint density at radius 3 is 2.70 bits per heavy atom. The van der Waals surface area contributed by atoms with E-state index in [1.165, 1.54) is 32.1 Å². The predicted molar refractivity (Wildman–Crippen MR) is 113 cm³/mol. The maximum Gasteiger partial charge on any atom is 0.231 e. The highest BCUT2D eigenvalue weighted by atomic mass is 16.7. The number of nitrogens with one attached hydrogen (secondary N) is 1. The maximum absolute atomic E-state index is 6.20. The molecular weight excluding hydrogens is 380 g/mol. The van der Waals surface area contributed by atoms with Crippen molar-refractivity contribution in [2.75, 3.05) is 12.5 Å². The summed E-state index contributed by atoms with van der Waals surface area (Å²) in [7, 11) is 0. The van der Waals surface area contributed by atoms with Gasteiger partial charge in [-0.25, -0.2) is 9.97 Å². The normalized spacial score (nSPS) is 16.4. The Labute approximate surface area is 173 Å². The Hall–Kier alpha value is -3.55. The summed E-state index contributed by atoms with van der Waals surface area (Å²) in [6.45, 7) is 0.238. The van der Waals surface area contributed by atoms with E-state index < -0.39 is 0 Å². The van der Waals surface area contributed by atoms with Gasteiger partial charge in [0.25, 0.3) is 0 Å². The molecule has 4 heterocycles. The second-order valence-corrected chi connectivity index (χ2v) is 7.97. The van der Waals surface area contributed by atoms with Gasteiger partial charge in [0.15, 0.2) is 11.5 Å². The second-order valence-electron chi connectivity index (χ2n) is 7.97. The van der Waals surface area contributed by atoms with Crippen molar-refractivity contribution in [3.8, 4) is 34.0 Å². The first-order valence-corrected chi connectivity index (χ1v) is 10.3. The molecular formula is C22H22N6O2. The number of anilines is 1. The maximum atomic E-state index is 6.20. The fraction of sp³-hybridized carbons (Fsp3) is 0.318. The lowest BCUT2D eigenvalue weighted by atomic mass is 9.96. The largest absolute Gasteiger partial charge is 0.454 e. The summed E-state index contributed by atoms with van der Waals surface area (Å²) in [4.78, 5) is 12.5. The number of imidazole rings is 1. The summed E-state index contributed by atoms with van der Waals surface area (Å²) >= 11 is 0. The number of hydrogen-bond donors (Lipinski definition) is 2. The monoisotopic (exact) mass is 402 g/mol. The molecule has 0 saturated heterocycles. The molecule has 1 aliphatic carbocycles. The summed E-state index contributed by atoms with van der Waals surface area (Å²) < 4.78 is 13.0. The number of aromatic nitrogens is 5. The van der Waals surface area contributed by atoms with Crippen molar-refractivity contribution in [1.29, 1.82) is 0 Å². The van der Waals surface area contributed by atoms with Crippen molar-refractivity contribution in [2.45, 2.75) is 38.1 Å². The standard InChI is InChI=1S/C22H22N6O2/c23-21-16(22-26-17-7-19-20(30-12-29-19)8-18(17)27-22)6-13(9-24-21)14-10-25-28(11-14)15-4-2-1-3-5-15/h6-11,15H,1-5,12H2,(H2,23,24)(H,26,27). The molecule has 1 aliphatic heterocycles. The molecule has 30 heavy (non-hydrogen) atoms. The minimum atomic E-state index is 0.238. The van der Waals surface area contributed by atoms with Crippen LogP contribution in [0.2, 0.25) is 0 Å². The highest BCUT2D eigenvalue weighted by Gasteiger charge is 2.19. The number of aromatic amines is 1. The van der Waals surface area contributed by atoms with Crippen LogP contribution >= 0.6 is 0 Å². The molecule has 152 valence electrons. The number of pyridine rings is 1. The zero-order valence-electron chi connectivity index (χ0n) is 16.5. The van der Waals surface area contributed by atoms with Gasteiger partial charge in [-0.15, -0.1) is 0 Å². The molecule has 6 rings (SSSR count). The van der Waals surface area contributed by atoms with Gasteiger partial charge in [-0.2, -0.15) is 5.10 Å². The molecule has 0 atom stereocenters. The number of rotatable bonds is 3. The Balaban J connectivity index is 1.36. The van der Waals surface area contributed by atoms with E-state index in [1.54, 1.807) is 6.20 Å². The fourth-order valence-electron chi connectivity index (χ4n) is 4.38. The molecule has 8 nitrogen and oxygen atoms in total. The van der Waals surface area contributed by atoms with Crippen molar-refractivity contribution >= 4 is 16.9 Å². The van der Waals surface area contributed by atoms with Gasteiger partial charge in [0.2, 0.25) is 6.79 Å². The number of nitrogens with two attached hydrogens (primary N) is 1. The minimum Gasteiger partial charge on any atom is -0.454 e. The van der Waals surface area contributed by atoms with Crippen LogP contribution in [0.15, 0.2) is 36.8 Å². The van der Waals surface area contributed by atoms with Crippen molar-refractivity contribution in [1.82, 2.24) is 24.7 Å². The number of benzene rings is 1. The zero-order valence-corrected chi connectivity index (χ0v) is 16.5. The molecule has 4 aromatic rings. The summed E-state index contributed by atoms with van der Waals surface area (Å²) in [5, 5.41) is 4.62. The van der Waals surface area contributed by atoms with Gasteiger partial charge in [-0.1, -0.05) is 19.3 Å². The third kappa shape index (κ3) is 2.87. The quantitative estimate of drug-likeness (QED) is 0.529. The molecule has 3 aromatic heterocycles. The van der Waals surface area contributed by atoms with Crippen LogP contribution in [0.1, 0.15) is 38.1 Å². The van der Waals surface area contributed by atoms with Gasteiger partial charge in [0.05, 0.1) is 28.8 Å². The van der Waals surface area contributed by atoms with Crippen LogP contribution in [0.4, 0.5) is 5.82 Å². The molecule has 1 aromatic carbocycles. The predicted octanol–water partition coefficient (Wildman–Crippen LogP) is 4.30. The zero-order chi connectivity index (χ0) is 20.1. The molecule has 0 radical (unpaired) electrons. The van der Waals surface area contributed by atoms with Crippen LogP contribution in [0, 0.1) is 0 Å². The van der Waals surface area contributed by atoms with Crippen LogP contribution in [-0.2, 0) is 0 Å². The minimum absolute atomic E-state index is 0.238. The van der Waals surface area contributed by atoms with E-state index in [9.17, 15) is 0 Å². The third-order valence-electron chi connectivity index (χ3n) is 6.03. The topological polar surface area (TPSA) is 104 Å². The van der Waals surface area contributed by atoms with Crippen LogP contribution < -0.4 is 15.2 Å². The number of hydrogen-bond acceptors (Lipinski definition) is 6. The lowest BCUT2D eigenvalue weighted by Crippen LogP contribution is -2.12. The molecule has 8 heteroatoms. The second kappa shape index (κ2) is 6.76. The van der Waals surface area contributed by atoms with Gasteiger partial charge in [-0.05, 0) is 18.9 Å². The average molecular weight is 402 g/mol. The van der Waals surface area contributed by atoms with Crippen LogP contribution in [-0.4, -0.2) is 31.5 Å². The van der Waals surface area contributed by atoms with Gasteiger partial charge in [0.1, 0.15) is 11.6 Å². The van der Waals surface area contributed by atoms with E-state index >= 15 is 0 Å². The molecule has 0 spiro atoms. The van der Waals surface area contributed by atoms with E-state index in [0.717, 1.165) is 27.7 Å². The first-order chi connectivity index (χ1) is 14.7. The van der Waals surface area contributed by atoms with E-state index in [-0.39, 0.29) is 6.79 Å². The molecule has 0 bridgehead atoms. The van der Waals surface area contributed by atoms with Crippen LogP contribution in [0.3, 0.4) is 0 Å². The van der Waals surface area contributed by atoms with Gasteiger partial charge in [-0.3, -0.25) is 4.68 Å². The van der Waals surface area contributed by atoms with Crippen LogP contribution in [0.5, 0.6) is 11.5 Å². The Morgan fingerprint density at radius 1 is 1.00 bits per heavy atom. The Morgan fingerprint density at radius 2 is 1.83 bits per heavy atom. The van der Waals surface area contributed by atoms with E-state index in [4.69, 9.17) is 20.2 Å². The molecule has 0 unspecified atom stereocenters. The summed E-state index contributed by atoms with van der Waals surface area (Å²) in [6.07, 6.45) is 12.1. The first-order valence-electron chi connectivity index (χ1n) is 10.3. The van der Waals surface area contributed by atoms with Gasteiger partial charge in [0, 0.05) is 35.7 Å². The summed E-state index contributed by atoms with van der Waals surface area (Å²) in [5.74, 6) is 2.51. The molecule has 1 saturated carbocycles. The first kappa shape index (κ1) is 17.3. The van der Waals surface area contributed by atoms with Gasteiger partial charge >= 0.3 is 0 Å². The third-order valence-corrected chi connectivity index (χ3v) is 6.03. The molecule has 2 aliphatic rings. The number of nitrogen functional groups attached to an aromatic ring is 1. The number of fused-ring (bicyclic) bond motifs is 2. The Bertz CT molecular complexity index is 1200. The molecule has 3 N–H and O–H groups in total. The van der Waals surface area contributed by atoms with Crippen molar-refractivity contribution < 1.29 is 9.47 Å². The number of ether oxygens (including phenoxy) is 2. The number of nitrogens with zero attached hydrogens (tertiary/aromatic N) is 4. The summed E-state index contributed by atoms with van der Waals surface area (Å²) in [6, 6.07) is 6.29. The number of H-pyrrole nitrogens is 1. The smallest absolute Gasteiger partial charge is 0.231 e. The summed E-state index contributed by atoms with van der Waals surface area (Å²) in [5.41, 5.74) is 10.6. The molecule has 1 fully saturated rings. The van der Waals surface area contributed by atoms with E-state index in [1.807, 2.05) is 24.4 Å². The molecule has 0 amide bonds. The van der Waals surface area contributed by atoms with Crippen molar-refractivity contribution in [2.24, 2.45) is 0 Å². The lowest BCUT2D eigenvalue weighted by molar-refractivity contribution is 0.174. The highest BCUT2D eigenvalue weighted by Crippen LogP contribution is 2.37. The lowest BCUT2D eigenvalue weighted by Gasteiger charge is -2.21.